The third-order valence-electron chi connectivity index (χ3n) is 3.54. The number of hydrogen-bond acceptors (Lipinski definition) is 3. The summed E-state index contributed by atoms with van der Waals surface area (Å²) in [5, 5.41) is 7.11. The second-order valence-corrected chi connectivity index (χ2v) is 5.02. The van der Waals surface area contributed by atoms with Gasteiger partial charge in [-0.3, -0.25) is 4.68 Å². The van der Waals surface area contributed by atoms with Crippen LogP contribution in [0.2, 0.25) is 0 Å². The molecule has 0 aliphatic carbocycles. The maximum Gasteiger partial charge on any atom is 0.393 e. The largest absolute Gasteiger partial charge is 0.393 e. The van der Waals surface area contributed by atoms with Crippen molar-refractivity contribution in [2.45, 2.75) is 51.4 Å². The Morgan fingerprint density at radius 3 is 2.79 bits per heavy atom. The Bertz CT molecular complexity index is 394. The third-order valence-corrected chi connectivity index (χ3v) is 3.54. The van der Waals surface area contributed by atoms with Crippen molar-refractivity contribution in [2.75, 3.05) is 6.54 Å². The lowest BCUT2D eigenvalue weighted by molar-refractivity contribution is -0.179. The molecule has 19 heavy (non-hydrogen) atoms. The van der Waals surface area contributed by atoms with Gasteiger partial charge in [0.15, 0.2) is 0 Å². The quantitative estimate of drug-likeness (QED) is 0.916. The van der Waals surface area contributed by atoms with Crippen molar-refractivity contribution in [3.8, 4) is 0 Å². The van der Waals surface area contributed by atoms with Gasteiger partial charge in [0.25, 0.3) is 0 Å². The molecule has 1 aromatic rings. The van der Waals surface area contributed by atoms with E-state index in [1.54, 1.807) is 0 Å². The smallest absolute Gasteiger partial charge is 0.313 e. The molecule has 0 aromatic carbocycles. The average Bonchev–Trinajstić information content (AvgIpc) is 2.77. The van der Waals surface area contributed by atoms with Crippen molar-refractivity contribution in [1.29, 1.82) is 0 Å². The first-order chi connectivity index (χ1) is 9.00. The van der Waals surface area contributed by atoms with E-state index in [0.717, 1.165) is 18.8 Å². The summed E-state index contributed by atoms with van der Waals surface area (Å²) in [6.07, 6.45) is -0.242. The molecule has 0 saturated carbocycles. The summed E-state index contributed by atoms with van der Waals surface area (Å²) in [5.41, 5.74) is 0. The number of hydrogen-bond donors (Lipinski definition) is 1. The van der Waals surface area contributed by atoms with E-state index in [1.165, 1.54) is 6.33 Å². The zero-order valence-electron chi connectivity index (χ0n) is 11.0. The van der Waals surface area contributed by atoms with Gasteiger partial charge in [-0.05, 0) is 19.3 Å². The fraction of sp³-hybridized carbons (Fsp3) is 0.833. The van der Waals surface area contributed by atoms with Crippen LogP contribution in [0.1, 0.15) is 32.0 Å². The maximum absolute atomic E-state index is 12.5. The van der Waals surface area contributed by atoms with E-state index in [0.29, 0.717) is 12.8 Å². The summed E-state index contributed by atoms with van der Waals surface area (Å²) >= 11 is 0. The Morgan fingerprint density at radius 1 is 1.42 bits per heavy atom. The zero-order chi connectivity index (χ0) is 13.9. The predicted octanol–water partition coefficient (Wildman–Crippen LogP) is 2.16. The molecule has 1 aliphatic rings. The SMILES string of the molecule is CCCn1ncnc1CC1CCC(C(F)(F)F)CN1. The standard InChI is InChI=1S/C12H19F3N4/c1-2-5-19-11(17-8-18-19)6-10-4-3-9(7-16-10)12(13,14)15/h8-10,16H,2-7H2,1H3. The van der Waals surface area contributed by atoms with E-state index >= 15 is 0 Å². The van der Waals surface area contributed by atoms with Crippen molar-refractivity contribution in [3.63, 3.8) is 0 Å². The number of nitrogens with one attached hydrogen (secondary N) is 1. The summed E-state index contributed by atoms with van der Waals surface area (Å²) in [5.74, 6) is -0.359. The number of halogens is 3. The Labute approximate surface area is 110 Å². The molecule has 1 aromatic heterocycles. The van der Waals surface area contributed by atoms with Gasteiger partial charge in [-0.25, -0.2) is 4.98 Å². The van der Waals surface area contributed by atoms with Gasteiger partial charge in [0, 0.05) is 25.6 Å². The maximum atomic E-state index is 12.5. The molecule has 2 heterocycles. The van der Waals surface area contributed by atoms with Crippen LogP contribution >= 0.6 is 0 Å². The Morgan fingerprint density at radius 2 is 2.21 bits per heavy atom. The Kier molecular flexibility index (Phi) is 4.44. The predicted molar refractivity (Wildman–Crippen MR) is 64.6 cm³/mol. The summed E-state index contributed by atoms with van der Waals surface area (Å²) in [4.78, 5) is 4.19. The second kappa shape index (κ2) is 5.90. The monoisotopic (exact) mass is 276 g/mol. The first-order valence-corrected chi connectivity index (χ1v) is 6.67. The van der Waals surface area contributed by atoms with Crippen LogP contribution in [0.25, 0.3) is 0 Å². The number of alkyl halides is 3. The summed E-state index contributed by atoms with van der Waals surface area (Å²) in [6.45, 7) is 2.86. The minimum atomic E-state index is -4.08. The Hall–Kier alpha value is -1.11. The molecule has 0 bridgehead atoms. The van der Waals surface area contributed by atoms with Crippen molar-refractivity contribution in [3.05, 3.63) is 12.2 Å². The highest BCUT2D eigenvalue weighted by Crippen LogP contribution is 2.32. The topological polar surface area (TPSA) is 42.7 Å². The first-order valence-electron chi connectivity index (χ1n) is 6.67. The molecule has 1 saturated heterocycles. The lowest BCUT2D eigenvalue weighted by atomic mass is 9.92. The van der Waals surface area contributed by atoms with Gasteiger partial charge in [-0.2, -0.15) is 18.3 Å². The van der Waals surface area contributed by atoms with E-state index in [1.807, 2.05) is 4.68 Å². The van der Waals surface area contributed by atoms with Crippen LogP contribution in [0.5, 0.6) is 0 Å². The minimum Gasteiger partial charge on any atom is -0.313 e. The zero-order valence-corrected chi connectivity index (χ0v) is 11.0. The van der Waals surface area contributed by atoms with Crippen LogP contribution in [0.15, 0.2) is 6.33 Å². The molecule has 1 N–H and O–H groups in total. The van der Waals surface area contributed by atoms with Gasteiger partial charge in [0.05, 0.1) is 5.92 Å². The van der Waals surface area contributed by atoms with Crippen molar-refractivity contribution >= 4 is 0 Å². The third kappa shape index (κ3) is 3.68. The van der Waals surface area contributed by atoms with Crippen LogP contribution in [0.3, 0.4) is 0 Å². The number of aryl methyl sites for hydroxylation is 1. The molecule has 1 fully saturated rings. The van der Waals surface area contributed by atoms with Gasteiger partial charge < -0.3 is 5.32 Å². The van der Waals surface area contributed by atoms with E-state index in [4.69, 9.17) is 0 Å². The van der Waals surface area contributed by atoms with Crippen LogP contribution in [-0.4, -0.2) is 33.5 Å². The van der Waals surface area contributed by atoms with E-state index in [9.17, 15) is 13.2 Å². The lowest BCUT2D eigenvalue weighted by Crippen LogP contribution is -2.45. The molecule has 0 spiro atoms. The van der Waals surface area contributed by atoms with Gasteiger partial charge >= 0.3 is 6.18 Å². The molecule has 1 aliphatic heterocycles. The molecular weight excluding hydrogens is 257 g/mol. The average molecular weight is 276 g/mol. The van der Waals surface area contributed by atoms with E-state index < -0.39 is 12.1 Å². The molecule has 2 unspecified atom stereocenters. The summed E-state index contributed by atoms with van der Waals surface area (Å²) in [7, 11) is 0. The van der Waals surface area contributed by atoms with Crippen LogP contribution < -0.4 is 5.32 Å². The number of rotatable bonds is 4. The van der Waals surface area contributed by atoms with Gasteiger partial charge in [0.2, 0.25) is 0 Å². The molecule has 0 radical (unpaired) electrons. The molecule has 2 atom stereocenters. The fourth-order valence-electron chi connectivity index (χ4n) is 2.43. The number of piperidine rings is 1. The molecule has 2 rings (SSSR count). The summed E-state index contributed by atoms with van der Waals surface area (Å²) in [6, 6.07) is 0.0680. The van der Waals surface area contributed by atoms with Gasteiger partial charge in [-0.1, -0.05) is 6.92 Å². The molecule has 7 heteroatoms. The highest BCUT2D eigenvalue weighted by Gasteiger charge is 2.41. The van der Waals surface area contributed by atoms with Crippen molar-refractivity contribution in [1.82, 2.24) is 20.1 Å². The molecular formula is C12H19F3N4. The highest BCUT2D eigenvalue weighted by atomic mass is 19.4. The fourth-order valence-corrected chi connectivity index (χ4v) is 2.43. The normalized spacial score (nSPS) is 24.6. The van der Waals surface area contributed by atoms with Crippen LogP contribution in [0.4, 0.5) is 13.2 Å². The van der Waals surface area contributed by atoms with Crippen LogP contribution in [-0.2, 0) is 13.0 Å². The number of nitrogens with zero attached hydrogens (tertiary/aromatic N) is 3. The highest BCUT2D eigenvalue weighted by molar-refractivity contribution is 4.92. The molecule has 108 valence electrons. The molecule has 4 nitrogen and oxygen atoms in total. The van der Waals surface area contributed by atoms with Crippen LogP contribution in [0, 0.1) is 5.92 Å². The summed E-state index contributed by atoms with van der Waals surface area (Å²) < 4.78 is 39.5. The Balaban J connectivity index is 1.87. The van der Waals surface area contributed by atoms with E-state index in [2.05, 4.69) is 22.3 Å². The number of aromatic nitrogens is 3. The first kappa shape index (κ1) is 14.3. The molecule has 0 amide bonds. The minimum absolute atomic E-state index is 0.0100. The van der Waals surface area contributed by atoms with Gasteiger partial charge in [0.1, 0.15) is 12.2 Å². The van der Waals surface area contributed by atoms with E-state index in [-0.39, 0.29) is 19.0 Å². The lowest BCUT2D eigenvalue weighted by Gasteiger charge is -2.30. The van der Waals surface area contributed by atoms with Gasteiger partial charge in [-0.15, -0.1) is 0 Å². The second-order valence-electron chi connectivity index (χ2n) is 5.02. The van der Waals surface area contributed by atoms with Crippen molar-refractivity contribution < 1.29 is 13.2 Å². The van der Waals surface area contributed by atoms with Crippen molar-refractivity contribution in [2.24, 2.45) is 5.92 Å².